The fraction of sp³-hybridized carbons (Fsp3) is 1.00. The van der Waals surface area contributed by atoms with E-state index in [1.165, 1.54) is 0 Å². The van der Waals surface area contributed by atoms with Crippen molar-refractivity contribution in [2.45, 2.75) is 50.7 Å². The fourth-order valence-electron chi connectivity index (χ4n) is 2.10. The Morgan fingerprint density at radius 1 is 1.27 bits per heavy atom. The van der Waals surface area contributed by atoms with Crippen LogP contribution in [0.15, 0.2) is 0 Å². The summed E-state index contributed by atoms with van der Waals surface area (Å²) in [4.78, 5) is 0. The lowest BCUT2D eigenvalue weighted by Gasteiger charge is -2.39. The van der Waals surface area contributed by atoms with Crippen LogP contribution in [-0.2, 0) is 18.9 Å². The van der Waals surface area contributed by atoms with Gasteiger partial charge in [0, 0.05) is 7.11 Å². The molecule has 4 atom stereocenters. The van der Waals surface area contributed by atoms with E-state index >= 15 is 0 Å². The Bertz CT molecular complexity index is 250. The molecule has 0 amide bonds. The van der Waals surface area contributed by atoms with E-state index in [1.807, 2.05) is 13.8 Å². The van der Waals surface area contributed by atoms with Crippen LogP contribution in [0.25, 0.3) is 0 Å². The van der Waals surface area contributed by atoms with Crippen molar-refractivity contribution in [3.8, 4) is 0 Å². The van der Waals surface area contributed by atoms with E-state index in [-0.39, 0.29) is 12.7 Å². The number of ether oxygens (including phenoxy) is 4. The van der Waals surface area contributed by atoms with Crippen LogP contribution in [0.2, 0.25) is 0 Å². The van der Waals surface area contributed by atoms with Crippen LogP contribution in [-0.4, -0.2) is 48.7 Å². The Morgan fingerprint density at radius 2 is 1.93 bits per heavy atom. The monoisotopic (exact) mass is 218 g/mol. The minimum absolute atomic E-state index is 0.187. The lowest BCUT2D eigenvalue weighted by molar-refractivity contribution is -0.260. The zero-order valence-electron chi connectivity index (χ0n) is 9.52. The van der Waals surface area contributed by atoms with Crippen LogP contribution in [0.3, 0.4) is 0 Å². The van der Waals surface area contributed by atoms with Gasteiger partial charge in [-0.15, -0.1) is 0 Å². The molecule has 0 aromatic rings. The highest BCUT2D eigenvalue weighted by Gasteiger charge is 2.56. The summed E-state index contributed by atoms with van der Waals surface area (Å²) in [5.74, 6) is -0.705. The van der Waals surface area contributed by atoms with Gasteiger partial charge in [0.05, 0.1) is 6.61 Å². The summed E-state index contributed by atoms with van der Waals surface area (Å²) in [6.45, 7) is 5.50. The van der Waals surface area contributed by atoms with E-state index in [9.17, 15) is 5.11 Å². The molecular weight excluding hydrogens is 200 g/mol. The van der Waals surface area contributed by atoms with Gasteiger partial charge in [0.25, 0.3) is 0 Å². The van der Waals surface area contributed by atoms with Crippen LogP contribution in [0, 0.1) is 0 Å². The topological polar surface area (TPSA) is 57.2 Å². The zero-order valence-corrected chi connectivity index (χ0v) is 9.52. The average Bonchev–Trinajstić information content (AvgIpc) is 2.43. The van der Waals surface area contributed by atoms with E-state index in [0.717, 1.165) is 0 Å². The smallest absolute Gasteiger partial charge is 0.186 e. The molecule has 0 aromatic carbocycles. The van der Waals surface area contributed by atoms with Crippen LogP contribution in [0.1, 0.15) is 20.8 Å². The second kappa shape index (κ2) is 3.40. The molecule has 15 heavy (non-hydrogen) atoms. The van der Waals surface area contributed by atoms with E-state index < -0.39 is 23.8 Å². The Kier molecular flexibility index (Phi) is 2.56. The van der Waals surface area contributed by atoms with Crippen molar-refractivity contribution in [2.75, 3.05) is 13.7 Å². The van der Waals surface area contributed by atoms with Crippen LogP contribution >= 0.6 is 0 Å². The highest BCUT2D eigenvalue weighted by molar-refractivity contribution is 4.99. The predicted octanol–water partition coefficient (Wildman–Crippen LogP) is 0.260. The molecule has 2 saturated heterocycles. The number of rotatable bonds is 1. The third-order valence-corrected chi connectivity index (χ3v) is 2.78. The highest BCUT2D eigenvalue weighted by Crippen LogP contribution is 2.39. The van der Waals surface area contributed by atoms with Gasteiger partial charge >= 0.3 is 0 Å². The lowest BCUT2D eigenvalue weighted by atomic mass is 9.93. The molecule has 88 valence electrons. The molecule has 5 heteroatoms. The summed E-state index contributed by atoms with van der Waals surface area (Å²) >= 11 is 0. The molecule has 1 N–H and O–H groups in total. The second-order valence-electron chi connectivity index (χ2n) is 4.79. The predicted molar refractivity (Wildman–Crippen MR) is 51.2 cm³/mol. The maximum atomic E-state index is 10.1. The second-order valence-corrected chi connectivity index (χ2v) is 4.79. The standard InChI is InChI=1S/C10H18O5/c1-9(2)14-6-7(15-9)10(3,11)5-13-8(6)12-4/h6-8,11H,5H2,1-4H3/t6-,7+,8-,10-/m0/s1. The van der Waals surface area contributed by atoms with Gasteiger partial charge in [-0.3, -0.25) is 0 Å². The van der Waals surface area contributed by atoms with Gasteiger partial charge in [-0.25, -0.2) is 0 Å². The summed E-state index contributed by atoms with van der Waals surface area (Å²) in [5.41, 5.74) is -1.03. The molecule has 0 saturated carbocycles. The van der Waals surface area contributed by atoms with Crippen molar-refractivity contribution in [2.24, 2.45) is 0 Å². The van der Waals surface area contributed by atoms with Crippen molar-refractivity contribution >= 4 is 0 Å². The molecule has 0 aliphatic carbocycles. The van der Waals surface area contributed by atoms with Crippen LogP contribution in [0.5, 0.6) is 0 Å². The minimum Gasteiger partial charge on any atom is -0.385 e. The van der Waals surface area contributed by atoms with Crippen molar-refractivity contribution in [1.82, 2.24) is 0 Å². The van der Waals surface area contributed by atoms with Crippen molar-refractivity contribution in [3.63, 3.8) is 0 Å². The third kappa shape index (κ3) is 1.90. The molecule has 0 spiro atoms. The Hall–Kier alpha value is -0.200. The molecule has 2 fully saturated rings. The Morgan fingerprint density at radius 3 is 2.53 bits per heavy atom. The van der Waals surface area contributed by atoms with Crippen molar-refractivity contribution < 1.29 is 24.1 Å². The summed E-state index contributed by atoms with van der Waals surface area (Å²) in [7, 11) is 1.55. The molecule has 0 radical (unpaired) electrons. The van der Waals surface area contributed by atoms with Crippen LogP contribution in [0.4, 0.5) is 0 Å². The number of hydrogen-bond acceptors (Lipinski definition) is 5. The normalized spacial score (nSPS) is 49.0. The van der Waals surface area contributed by atoms with E-state index in [1.54, 1.807) is 14.0 Å². The SMILES string of the molecule is CO[C@H]1OC[C@](C)(O)[C@@H]2OC(C)(C)O[C@H]12. The first-order valence-corrected chi connectivity index (χ1v) is 5.08. The minimum atomic E-state index is -1.03. The summed E-state index contributed by atoms with van der Waals surface area (Å²) < 4.78 is 21.9. The molecule has 0 aromatic heterocycles. The van der Waals surface area contributed by atoms with E-state index in [4.69, 9.17) is 18.9 Å². The largest absolute Gasteiger partial charge is 0.385 e. The summed E-state index contributed by atoms with van der Waals surface area (Å²) in [5, 5.41) is 10.1. The maximum Gasteiger partial charge on any atom is 0.186 e. The van der Waals surface area contributed by atoms with Crippen molar-refractivity contribution in [1.29, 1.82) is 0 Å². The van der Waals surface area contributed by atoms with Crippen molar-refractivity contribution in [3.05, 3.63) is 0 Å². The van der Waals surface area contributed by atoms with E-state index in [0.29, 0.717) is 0 Å². The van der Waals surface area contributed by atoms with Gasteiger partial charge < -0.3 is 24.1 Å². The van der Waals surface area contributed by atoms with Gasteiger partial charge in [-0.2, -0.15) is 0 Å². The summed E-state index contributed by atoms with van der Waals surface area (Å²) in [6.07, 6.45) is -1.27. The van der Waals surface area contributed by atoms with Gasteiger partial charge in [-0.1, -0.05) is 0 Å². The fourth-order valence-corrected chi connectivity index (χ4v) is 2.10. The first-order valence-electron chi connectivity index (χ1n) is 5.08. The van der Waals surface area contributed by atoms with Gasteiger partial charge in [0.1, 0.15) is 17.8 Å². The maximum absolute atomic E-state index is 10.1. The molecule has 2 heterocycles. The van der Waals surface area contributed by atoms with E-state index in [2.05, 4.69) is 0 Å². The number of methoxy groups -OCH3 is 1. The molecule has 5 nitrogen and oxygen atoms in total. The number of fused-ring (bicyclic) bond motifs is 1. The molecule has 0 bridgehead atoms. The van der Waals surface area contributed by atoms with Gasteiger partial charge in [0.15, 0.2) is 12.1 Å². The van der Waals surface area contributed by atoms with Crippen LogP contribution < -0.4 is 0 Å². The highest BCUT2D eigenvalue weighted by atomic mass is 16.8. The zero-order chi connectivity index (χ0) is 11.3. The molecule has 2 aliphatic heterocycles. The van der Waals surface area contributed by atoms with Gasteiger partial charge in [-0.05, 0) is 20.8 Å². The first-order chi connectivity index (χ1) is 6.86. The molecular formula is C10H18O5. The average molecular weight is 218 g/mol. The molecule has 2 aliphatic rings. The Balaban J connectivity index is 2.22. The summed E-state index contributed by atoms with van der Waals surface area (Å²) in [6, 6.07) is 0. The quantitative estimate of drug-likeness (QED) is 0.684. The molecule has 2 rings (SSSR count). The lowest BCUT2D eigenvalue weighted by Crippen LogP contribution is -2.58. The molecule has 0 unspecified atom stereocenters. The third-order valence-electron chi connectivity index (χ3n) is 2.78. The first kappa shape index (κ1) is 11.3. The van der Waals surface area contributed by atoms with Gasteiger partial charge in [0.2, 0.25) is 0 Å². The Labute approximate surface area is 89.3 Å². The number of hydrogen-bond donors (Lipinski definition) is 1. The number of aliphatic hydroxyl groups is 1.